The lowest BCUT2D eigenvalue weighted by atomic mass is 9.44. The molecule has 12 atom stereocenters. The number of esters is 6. The molecule has 1 unspecified atom stereocenters. The predicted octanol–water partition coefficient (Wildman–Crippen LogP) is 8.45. The van der Waals surface area contributed by atoms with E-state index in [-0.39, 0.29) is 72.2 Å². The molecule has 0 radical (unpaired) electrons. The van der Waals surface area contributed by atoms with Crippen molar-refractivity contribution in [1.29, 1.82) is 0 Å². The summed E-state index contributed by atoms with van der Waals surface area (Å²) in [4.78, 5) is 139. The zero-order valence-electron chi connectivity index (χ0n) is 56.6. The minimum atomic E-state index is -2.53. The number of benzene rings is 5. The van der Waals surface area contributed by atoms with Crippen molar-refractivity contribution in [3.8, 4) is 11.4 Å². The SMILES string of the molecule is CC[C@]1(O)C(=O)OCc2c1cc1n(c2=O)Cc2c-1nc1ccccc1c2C=Nc1ccc(CCCC(=O)O[C@H]2C[C@H]3OC[C@@]3(OC(C)=O)C3[C@H](OC(=O)c4ccccc4)[C@]4(O)C[C@H](OC(=O)[C@H](O)[C@@H](NC(=O)c5ccccc5)c5ccccc5)C(C)=C([C@@H](OC(C)=O)C(=O)[C@@]32C)C4(C)C)cc1. The molecule has 3 aliphatic heterocycles. The maximum atomic E-state index is 16.6. The topological polar surface area (TPSA) is 321 Å². The molecule has 1 saturated heterocycles. The van der Waals surface area contributed by atoms with Gasteiger partial charge in [0, 0.05) is 72.4 Å². The largest absolute Gasteiger partial charge is 0.461 e. The van der Waals surface area contributed by atoms with E-state index in [1.54, 1.807) is 116 Å². The van der Waals surface area contributed by atoms with E-state index in [1.807, 2.05) is 48.5 Å². The maximum absolute atomic E-state index is 16.6. The second-order valence-corrected chi connectivity index (χ2v) is 27.6. The van der Waals surface area contributed by atoms with Crippen LogP contribution in [0.3, 0.4) is 0 Å². The van der Waals surface area contributed by atoms with E-state index >= 15 is 4.79 Å². The highest BCUT2D eigenvalue weighted by Crippen LogP contribution is 2.65. The number of pyridine rings is 2. The number of carbonyl (C=O) groups excluding carboxylic acids is 8. The second-order valence-electron chi connectivity index (χ2n) is 27.6. The van der Waals surface area contributed by atoms with Crippen molar-refractivity contribution >= 4 is 70.3 Å². The zero-order chi connectivity index (χ0) is 71.7. The Morgan fingerprint density at radius 3 is 2.12 bits per heavy atom. The van der Waals surface area contributed by atoms with Crippen LogP contribution in [-0.4, -0.2) is 133 Å². The van der Waals surface area contributed by atoms with Crippen molar-refractivity contribution < 1.29 is 86.8 Å². The number of carbonyl (C=O) groups is 8. The molecular formula is C78H76N4O19. The molecule has 2 saturated carbocycles. The first-order valence-corrected chi connectivity index (χ1v) is 33.7. The summed E-state index contributed by atoms with van der Waals surface area (Å²) in [5, 5.41) is 41.4. The summed E-state index contributed by atoms with van der Waals surface area (Å²) in [6, 6.07) is 39.2. The molecule has 101 heavy (non-hydrogen) atoms. The number of amides is 1. The standard InChI is InChI=1S/C78H76N4O19/c1-8-76(93)54-35-56-63-52(39-82(56)70(89)53(54)40-95-73(76)92)51(50-28-18-19-29-55(50)80-63)38-79-49-33-31-45(32-34-49)21-20-30-60(85)99-58-36-59-77(41-96-59,101-44(4)84)66-68(100-71(90)48-26-16-11-17-27-48)78(94)37-57(42(2)61(74(78,5)6)65(97-43(3)83)67(87)75(58,66)7)98-72(91)64(86)62(46-22-12-9-13-23-46)81-69(88)47-24-14-10-15-25-47/h9-19,22-29,31-35,38,57-59,62,64-66,68,86,93-94H,8,20-21,30,36-37,39-41H2,1-7H3,(H,81,88)/t57-,58-,59+,62-,64+,65+,66?,68-,75+,76+,77-,78+/m0/s1. The van der Waals surface area contributed by atoms with Crippen LogP contribution in [0.5, 0.6) is 0 Å². The Labute approximate surface area is 580 Å². The van der Waals surface area contributed by atoms with Gasteiger partial charge in [-0.1, -0.05) is 118 Å². The molecule has 522 valence electrons. The van der Waals surface area contributed by atoms with Crippen LogP contribution in [-0.2, 0) is 87.1 Å². The Hall–Kier alpha value is -10.3. The minimum Gasteiger partial charge on any atom is -0.461 e. The number of hydrogen-bond acceptors (Lipinski definition) is 21. The van der Waals surface area contributed by atoms with Crippen LogP contribution >= 0.6 is 0 Å². The highest BCUT2D eigenvalue weighted by atomic mass is 16.6. The Kier molecular flexibility index (Phi) is 18.2. The molecule has 23 nitrogen and oxygen atoms in total. The number of nitrogens with one attached hydrogen (secondary N) is 1. The highest BCUT2D eigenvalue weighted by molar-refractivity contribution is 6.03. The number of ether oxygens (including phenoxy) is 7. The number of aliphatic hydroxyl groups excluding tert-OH is 1. The maximum Gasteiger partial charge on any atom is 0.343 e. The Bertz CT molecular complexity index is 4650. The first kappa shape index (κ1) is 69.2. The Morgan fingerprint density at radius 2 is 1.47 bits per heavy atom. The summed E-state index contributed by atoms with van der Waals surface area (Å²) in [5.41, 5.74) is -5.31. The third-order valence-corrected chi connectivity index (χ3v) is 21.5. The van der Waals surface area contributed by atoms with Gasteiger partial charge < -0.3 is 58.4 Å². The average Bonchev–Trinajstić information content (AvgIpc) is 1.01. The van der Waals surface area contributed by atoms with Gasteiger partial charge in [-0.05, 0) is 104 Å². The zero-order valence-corrected chi connectivity index (χ0v) is 56.6. The van der Waals surface area contributed by atoms with Crippen molar-refractivity contribution in [2.45, 2.75) is 160 Å². The van der Waals surface area contributed by atoms with Crippen LogP contribution in [0, 0.1) is 16.7 Å². The Balaban J connectivity index is 0.800. The molecule has 5 aromatic carbocycles. The third kappa shape index (κ3) is 11.9. The molecule has 3 aliphatic carbocycles. The van der Waals surface area contributed by atoms with Crippen molar-refractivity contribution in [2.75, 3.05) is 6.61 Å². The number of aryl methyl sites for hydroxylation is 1. The lowest BCUT2D eigenvalue weighted by Crippen LogP contribution is -2.82. The summed E-state index contributed by atoms with van der Waals surface area (Å²) < 4.78 is 44.9. The van der Waals surface area contributed by atoms with E-state index in [1.165, 1.54) is 26.0 Å². The molecule has 23 heteroatoms. The van der Waals surface area contributed by atoms with E-state index in [0.717, 1.165) is 35.9 Å². The molecular weight excluding hydrogens is 1300 g/mol. The molecule has 1 amide bonds. The van der Waals surface area contributed by atoms with E-state index in [9.17, 15) is 53.7 Å². The van der Waals surface area contributed by atoms with Crippen LogP contribution < -0.4 is 10.9 Å². The number of hydrogen-bond donors (Lipinski definition) is 4. The summed E-state index contributed by atoms with van der Waals surface area (Å²) in [6.45, 7) is 9.41. The molecule has 2 bridgehead atoms. The normalized spacial score (nSPS) is 26.5. The van der Waals surface area contributed by atoms with Gasteiger partial charge in [0.1, 0.15) is 36.6 Å². The fourth-order valence-electron chi connectivity index (χ4n) is 16.1. The monoisotopic (exact) mass is 1370 g/mol. The van der Waals surface area contributed by atoms with Crippen LogP contribution in [0.4, 0.5) is 5.69 Å². The van der Waals surface area contributed by atoms with E-state index in [2.05, 4.69) is 5.32 Å². The molecule has 4 N–H and O–H groups in total. The Morgan fingerprint density at radius 1 is 0.802 bits per heavy atom. The van der Waals surface area contributed by atoms with Gasteiger partial charge in [0.25, 0.3) is 11.5 Å². The van der Waals surface area contributed by atoms with Crippen molar-refractivity contribution in [2.24, 2.45) is 21.7 Å². The number of Topliss-reactive ketones (excluding diaryl/α,β-unsaturated/α-hetero) is 1. The number of ketones is 1. The number of aliphatic imine (C=N–C) groups is 1. The average molecular weight is 1370 g/mol. The molecule has 6 aliphatic rings. The van der Waals surface area contributed by atoms with E-state index in [0.29, 0.717) is 34.6 Å². The summed E-state index contributed by atoms with van der Waals surface area (Å²) in [7, 11) is 0. The summed E-state index contributed by atoms with van der Waals surface area (Å²) in [5.74, 6) is -8.86. The van der Waals surface area contributed by atoms with Gasteiger partial charge in [-0.2, -0.15) is 0 Å². The number of para-hydroxylation sites is 1. The van der Waals surface area contributed by atoms with Crippen LogP contribution in [0.25, 0.3) is 22.3 Å². The number of fused-ring (bicyclic) bond motifs is 10. The van der Waals surface area contributed by atoms with Gasteiger partial charge in [-0.15, -0.1) is 0 Å². The van der Waals surface area contributed by atoms with Gasteiger partial charge in [-0.25, -0.2) is 19.4 Å². The molecule has 5 heterocycles. The first-order chi connectivity index (χ1) is 48.2. The third-order valence-electron chi connectivity index (χ3n) is 21.5. The number of aromatic nitrogens is 2. The van der Waals surface area contributed by atoms with Gasteiger partial charge in [0.2, 0.25) is 0 Å². The van der Waals surface area contributed by atoms with Crippen LogP contribution in [0.2, 0.25) is 0 Å². The van der Waals surface area contributed by atoms with Gasteiger partial charge in [0.05, 0.1) is 64.2 Å². The lowest BCUT2D eigenvalue weighted by molar-refractivity contribution is -0.346. The van der Waals surface area contributed by atoms with Crippen LogP contribution in [0.15, 0.2) is 167 Å². The number of nitrogens with zero attached hydrogens (tertiary/aromatic N) is 3. The fourth-order valence-corrected chi connectivity index (χ4v) is 16.1. The molecule has 7 aromatic rings. The molecule has 3 fully saturated rings. The molecule has 13 rings (SSSR count). The van der Waals surface area contributed by atoms with Gasteiger partial charge in [-0.3, -0.25) is 33.8 Å². The number of cyclic esters (lactones) is 1. The van der Waals surface area contributed by atoms with Crippen molar-refractivity contribution in [3.05, 3.63) is 212 Å². The van der Waals surface area contributed by atoms with E-state index in [4.69, 9.17) is 43.1 Å². The fraction of sp³-hybridized carbons (Fsp3) is 0.372. The summed E-state index contributed by atoms with van der Waals surface area (Å²) in [6.07, 6.45) is -9.03. The predicted molar refractivity (Wildman–Crippen MR) is 363 cm³/mol. The molecule has 2 aromatic heterocycles. The smallest absolute Gasteiger partial charge is 0.343 e. The van der Waals surface area contributed by atoms with Crippen molar-refractivity contribution in [3.63, 3.8) is 0 Å². The quantitative estimate of drug-likeness (QED) is 0.0271. The minimum absolute atomic E-state index is 0.00107. The number of rotatable bonds is 18. The van der Waals surface area contributed by atoms with Gasteiger partial charge in [0.15, 0.2) is 29.2 Å². The molecule has 0 spiro atoms. The van der Waals surface area contributed by atoms with Crippen LogP contribution in [0.1, 0.15) is 141 Å². The second kappa shape index (κ2) is 26.6. The highest BCUT2D eigenvalue weighted by Gasteiger charge is 2.79. The number of aliphatic hydroxyl groups is 3. The first-order valence-electron chi connectivity index (χ1n) is 33.7. The summed E-state index contributed by atoms with van der Waals surface area (Å²) >= 11 is 0. The van der Waals surface area contributed by atoms with Crippen molar-refractivity contribution in [1.82, 2.24) is 14.9 Å². The van der Waals surface area contributed by atoms with E-state index < -0.39 is 142 Å². The van der Waals surface area contributed by atoms with Gasteiger partial charge >= 0.3 is 35.8 Å². The lowest BCUT2D eigenvalue weighted by Gasteiger charge is -2.67.